The summed E-state index contributed by atoms with van der Waals surface area (Å²) in [6.45, 7) is 6.06. The van der Waals surface area contributed by atoms with Gasteiger partial charge in [-0.1, -0.05) is 13.8 Å². The molecule has 0 saturated carbocycles. The van der Waals surface area contributed by atoms with Gasteiger partial charge in [0.1, 0.15) is 0 Å². The van der Waals surface area contributed by atoms with Crippen molar-refractivity contribution in [2.75, 3.05) is 13.1 Å². The molecule has 4 N–H and O–H groups in total. The van der Waals surface area contributed by atoms with E-state index in [1.807, 2.05) is 12.3 Å². The fourth-order valence-electron chi connectivity index (χ4n) is 1.54. The summed E-state index contributed by atoms with van der Waals surface area (Å²) in [5.74, 6) is 0.629. The molecule has 1 unspecified atom stereocenters. The zero-order valence-corrected chi connectivity index (χ0v) is 9.09. The van der Waals surface area contributed by atoms with Crippen LogP contribution >= 0.6 is 0 Å². The zero-order valence-electron chi connectivity index (χ0n) is 9.09. The van der Waals surface area contributed by atoms with Crippen molar-refractivity contribution in [3.8, 4) is 0 Å². The van der Waals surface area contributed by atoms with Crippen LogP contribution in [-0.2, 0) is 6.42 Å². The summed E-state index contributed by atoms with van der Waals surface area (Å²) in [6, 6.07) is 4.67. The fourth-order valence-corrected chi connectivity index (χ4v) is 1.54. The van der Waals surface area contributed by atoms with Crippen molar-refractivity contribution in [3.05, 3.63) is 24.0 Å². The van der Waals surface area contributed by atoms with E-state index in [4.69, 9.17) is 5.73 Å². The van der Waals surface area contributed by atoms with E-state index in [0.717, 1.165) is 13.0 Å². The Morgan fingerprint density at radius 2 is 2.29 bits per heavy atom. The highest BCUT2D eigenvalue weighted by Gasteiger charge is 2.12. The van der Waals surface area contributed by atoms with Crippen molar-refractivity contribution in [2.45, 2.75) is 26.3 Å². The van der Waals surface area contributed by atoms with Gasteiger partial charge in [0, 0.05) is 37.4 Å². The van der Waals surface area contributed by atoms with Crippen molar-refractivity contribution < 1.29 is 0 Å². The summed E-state index contributed by atoms with van der Waals surface area (Å²) < 4.78 is 0. The second-order valence-electron chi connectivity index (χ2n) is 3.99. The average molecular weight is 195 g/mol. The maximum atomic E-state index is 5.48. The molecule has 14 heavy (non-hydrogen) atoms. The Hall–Kier alpha value is -0.800. The molecule has 80 valence electrons. The van der Waals surface area contributed by atoms with Gasteiger partial charge in [0.25, 0.3) is 0 Å². The van der Waals surface area contributed by atoms with Crippen molar-refractivity contribution in [3.63, 3.8) is 0 Å². The summed E-state index contributed by atoms with van der Waals surface area (Å²) in [6.07, 6.45) is 3.01. The summed E-state index contributed by atoms with van der Waals surface area (Å²) in [5, 5.41) is 3.46. The van der Waals surface area contributed by atoms with E-state index < -0.39 is 0 Å². The molecule has 0 aromatic carbocycles. The lowest BCUT2D eigenvalue weighted by molar-refractivity contribution is 0.399. The molecule has 1 atom stereocenters. The van der Waals surface area contributed by atoms with Gasteiger partial charge in [0.15, 0.2) is 0 Å². The van der Waals surface area contributed by atoms with Gasteiger partial charge in [0.05, 0.1) is 0 Å². The molecule has 0 aliphatic rings. The highest BCUT2D eigenvalue weighted by atomic mass is 14.9. The van der Waals surface area contributed by atoms with Crippen LogP contribution in [0.25, 0.3) is 0 Å². The molecule has 0 radical (unpaired) electrons. The third kappa shape index (κ3) is 3.52. The minimum absolute atomic E-state index is 0.511. The molecule has 3 nitrogen and oxygen atoms in total. The highest BCUT2D eigenvalue weighted by Crippen LogP contribution is 2.08. The Morgan fingerprint density at radius 3 is 2.79 bits per heavy atom. The predicted molar refractivity (Wildman–Crippen MR) is 60.2 cm³/mol. The number of hydrogen-bond donors (Lipinski definition) is 3. The van der Waals surface area contributed by atoms with Crippen molar-refractivity contribution >= 4 is 0 Å². The molecule has 0 amide bonds. The van der Waals surface area contributed by atoms with Gasteiger partial charge in [-0.15, -0.1) is 0 Å². The maximum absolute atomic E-state index is 5.48. The first-order chi connectivity index (χ1) is 6.74. The van der Waals surface area contributed by atoms with Gasteiger partial charge in [-0.25, -0.2) is 0 Å². The van der Waals surface area contributed by atoms with Crippen LogP contribution in [0.3, 0.4) is 0 Å². The molecule has 0 saturated heterocycles. The minimum atomic E-state index is 0.511. The first kappa shape index (κ1) is 11.3. The zero-order chi connectivity index (χ0) is 10.4. The number of nitrogens with two attached hydrogens (primary N) is 1. The van der Waals surface area contributed by atoms with Crippen LogP contribution in [0.4, 0.5) is 0 Å². The van der Waals surface area contributed by atoms with E-state index in [9.17, 15) is 0 Å². The van der Waals surface area contributed by atoms with Gasteiger partial charge in [-0.2, -0.15) is 0 Å². The highest BCUT2D eigenvalue weighted by molar-refractivity contribution is 5.05. The lowest BCUT2D eigenvalue weighted by Gasteiger charge is -2.21. The van der Waals surface area contributed by atoms with Crippen LogP contribution in [0.15, 0.2) is 18.3 Å². The SMILES string of the molecule is CC(C)C(Cc1ccc[nH]1)NCCN. The number of aromatic nitrogens is 1. The number of nitrogens with one attached hydrogen (secondary N) is 2. The van der Waals surface area contributed by atoms with Crippen LogP contribution in [0.1, 0.15) is 19.5 Å². The molecule has 1 heterocycles. The lowest BCUT2D eigenvalue weighted by Crippen LogP contribution is -2.38. The number of hydrogen-bond acceptors (Lipinski definition) is 2. The van der Waals surface area contributed by atoms with Crippen LogP contribution in [0.5, 0.6) is 0 Å². The summed E-state index contributed by atoms with van der Waals surface area (Å²) in [5.41, 5.74) is 6.77. The molecule has 1 aromatic heterocycles. The van der Waals surface area contributed by atoms with E-state index in [2.05, 4.69) is 30.2 Å². The van der Waals surface area contributed by atoms with E-state index in [1.54, 1.807) is 0 Å². The molecule has 1 aromatic rings. The summed E-state index contributed by atoms with van der Waals surface area (Å²) in [7, 11) is 0. The van der Waals surface area contributed by atoms with Gasteiger partial charge in [0.2, 0.25) is 0 Å². The van der Waals surface area contributed by atoms with Crippen molar-refractivity contribution in [2.24, 2.45) is 11.7 Å². The minimum Gasteiger partial charge on any atom is -0.365 e. The van der Waals surface area contributed by atoms with E-state index in [1.165, 1.54) is 5.69 Å². The Morgan fingerprint density at radius 1 is 1.50 bits per heavy atom. The van der Waals surface area contributed by atoms with Crippen LogP contribution < -0.4 is 11.1 Å². The lowest BCUT2D eigenvalue weighted by atomic mass is 9.99. The molecule has 0 bridgehead atoms. The second-order valence-corrected chi connectivity index (χ2v) is 3.99. The van der Waals surface area contributed by atoms with Gasteiger partial charge in [-0.3, -0.25) is 0 Å². The molecule has 1 rings (SSSR count). The van der Waals surface area contributed by atoms with Gasteiger partial charge in [-0.05, 0) is 18.1 Å². The third-order valence-electron chi connectivity index (χ3n) is 2.46. The van der Waals surface area contributed by atoms with Crippen molar-refractivity contribution in [1.82, 2.24) is 10.3 Å². The van der Waals surface area contributed by atoms with E-state index in [0.29, 0.717) is 18.5 Å². The quantitative estimate of drug-likeness (QED) is 0.637. The largest absolute Gasteiger partial charge is 0.365 e. The van der Waals surface area contributed by atoms with Crippen LogP contribution in [0, 0.1) is 5.92 Å². The van der Waals surface area contributed by atoms with E-state index in [-0.39, 0.29) is 0 Å². The van der Waals surface area contributed by atoms with Crippen molar-refractivity contribution in [1.29, 1.82) is 0 Å². The fraction of sp³-hybridized carbons (Fsp3) is 0.636. The molecular formula is C11H21N3. The first-order valence-corrected chi connectivity index (χ1v) is 5.29. The van der Waals surface area contributed by atoms with Gasteiger partial charge < -0.3 is 16.0 Å². The monoisotopic (exact) mass is 195 g/mol. The maximum Gasteiger partial charge on any atom is 0.0162 e. The molecule has 3 heteroatoms. The van der Waals surface area contributed by atoms with Crippen LogP contribution in [0.2, 0.25) is 0 Å². The second kappa shape index (κ2) is 5.83. The molecule has 0 spiro atoms. The molecule has 0 fully saturated rings. The van der Waals surface area contributed by atoms with Crippen LogP contribution in [-0.4, -0.2) is 24.1 Å². The third-order valence-corrected chi connectivity index (χ3v) is 2.46. The van der Waals surface area contributed by atoms with Gasteiger partial charge >= 0.3 is 0 Å². The average Bonchev–Trinajstić information content (AvgIpc) is 2.64. The Kier molecular flexibility index (Phi) is 4.70. The predicted octanol–water partition coefficient (Wildman–Crippen LogP) is 1.13. The Balaban J connectivity index is 2.43. The van der Waals surface area contributed by atoms with E-state index >= 15 is 0 Å². The normalized spacial score (nSPS) is 13.4. The Labute approximate surface area is 86.1 Å². The Bertz CT molecular complexity index is 229. The molecule has 0 aliphatic heterocycles. The molecular weight excluding hydrogens is 174 g/mol. The number of aromatic amines is 1. The number of rotatable bonds is 6. The number of H-pyrrole nitrogens is 1. The first-order valence-electron chi connectivity index (χ1n) is 5.29. The smallest absolute Gasteiger partial charge is 0.0162 e. The summed E-state index contributed by atoms with van der Waals surface area (Å²) >= 11 is 0. The summed E-state index contributed by atoms with van der Waals surface area (Å²) in [4.78, 5) is 3.23. The molecule has 0 aliphatic carbocycles. The standard InChI is InChI=1S/C11H21N3/c1-9(2)11(14-7-5-12)8-10-4-3-6-13-10/h3-4,6,9,11,13-14H,5,7-8,12H2,1-2H3. The topological polar surface area (TPSA) is 53.8 Å².